The summed E-state index contributed by atoms with van der Waals surface area (Å²) >= 11 is 0. The van der Waals surface area contributed by atoms with Gasteiger partial charge < -0.3 is 4.74 Å². The molecular formula is C28H29F3O2. The quantitative estimate of drug-likeness (QED) is 0.158. The fraction of sp³-hybridized carbons (Fsp3) is 0.321. The van der Waals surface area contributed by atoms with Gasteiger partial charge in [-0.05, 0) is 85.3 Å². The summed E-state index contributed by atoms with van der Waals surface area (Å²) in [4.78, 5) is 12.2. The maximum atomic E-state index is 14.4. The van der Waals surface area contributed by atoms with Gasteiger partial charge >= 0.3 is 5.97 Å². The molecule has 2 nitrogen and oxygen atoms in total. The first-order valence-corrected chi connectivity index (χ1v) is 11.5. The van der Waals surface area contributed by atoms with Crippen LogP contribution in [0.25, 0.3) is 0 Å². The molecule has 0 aliphatic rings. The molecule has 0 heterocycles. The summed E-state index contributed by atoms with van der Waals surface area (Å²) in [6.07, 6.45) is 9.35. The molecule has 33 heavy (non-hydrogen) atoms. The lowest BCUT2D eigenvalue weighted by Gasteiger charge is -2.07. The predicted molar refractivity (Wildman–Crippen MR) is 124 cm³/mol. The van der Waals surface area contributed by atoms with E-state index in [0.29, 0.717) is 0 Å². The van der Waals surface area contributed by atoms with Gasteiger partial charge in [0, 0.05) is 0 Å². The van der Waals surface area contributed by atoms with E-state index in [9.17, 15) is 18.0 Å². The number of ether oxygens (including phenoxy) is 1. The smallest absolute Gasteiger partial charge is 0.346 e. The van der Waals surface area contributed by atoms with E-state index >= 15 is 0 Å². The predicted octanol–water partition coefficient (Wildman–Crippen LogP) is 7.84. The summed E-state index contributed by atoms with van der Waals surface area (Å²) in [5.41, 5.74) is 1.76. The molecule has 0 fully saturated rings. The highest BCUT2D eigenvalue weighted by Gasteiger charge is 2.14. The van der Waals surface area contributed by atoms with Crippen molar-refractivity contribution < 1.29 is 22.7 Å². The van der Waals surface area contributed by atoms with Crippen LogP contribution >= 0.6 is 0 Å². The van der Waals surface area contributed by atoms with Gasteiger partial charge in [-0.2, -0.15) is 0 Å². The zero-order valence-corrected chi connectivity index (χ0v) is 18.7. The van der Waals surface area contributed by atoms with E-state index < -0.39 is 17.6 Å². The lowest BCUT2D eigenvalue weighted by molar-refractivity contribution is 0.0729. The summed E-state index contributed by atoms with van der Waals surface area (Å²) in [5, 5.41) is 0. The molecule has 0 N–H and O–H groups in total. The van der Waals surface area contributed by atoms with E-state index in [2.05, 4.69) is 0 Å². The van der Waals surface area contributed by atoms with Crippen LogP contribution < -0.4 is 4.74 Å². The summed E-state index contributed by atoms with van der Waals surface area (Å²) < 4.78 is 45.6. The van der Waals surface area contributed by atoms with Crippen LogP contribution in [0.4, 0.5) is 13.2 Å². The van der Waals surface area contributed by atoms with E-state index in [4.69, 9.17) is 4.74 Å². The van der Waals surface area contributed by atoms with Gasteiger partial charge in [-0.25, -0.2) is 18.0 Å². The Kier molecular flexibility index (Phi) is 9.55. The minimum absolute atomic E-state index is 0.138. The van der Waals surface area contributed by atoms with E-state index in [1.54, 1.807) is 18.2 Å². The van der Waals surface area contributed by atoms with Crippen molar-refractivity contribution in [3.05, 3.63) is 101 Å². The Balaban J connectivity index is 1.30. The third kappa shape index (κ3) is 8.41. The molecule has 0 aliphatic carbocycles. The maximum Gasteiger partial charge on any atom is 0.346 e. The number of aryl methyl sites for hydroxylation is 2. The highest BCUT2D eigenvalue weighted by molar-refractivity contribution is 5.91. The molecule has 0 aliphatic heterocycles. The normalized spacial score (nSPS) is 10.9. The lowest BCUT2D eigenvalue weighted by Crippen LogP contribution is -2.11. The van der Waals surface area contributed by atoms with Gasteiger partial charge in [-0.3, -0.25) is 0 Å². The molecule has 5 heteroatoms. The standard InChI is InChI=1S/C28H29F3O2/c29-23-14-16-25(17-15-23)33-28(32)26-18-13-22(20-27(26)31)10-7-5-3-1-2-4-6-9-21-11-8-12-24(30)19-21/h8,11-20H,1-7,9-10H2. The van der Waals surface area contributed by atoms with Gasteiger partial charge in [0.25, 0.3) is 0 Å². The monoisotopic (exact) mass is 454 g/mol. The summed E-state index contributed by atoms with van der Waals surface area (Å²) in [6.45, 7) is 0. The molecule has 0 saturated carbocycles. The van der Waals surface area contributed by atoms with Crippen molar-refractivity contribution in [1.29, 1.82) is 0 Å². The van der Waals surface area contributed by atoms with Crippen molar-refractivity contribution in [2.75, 3.05) is 0 Å². The Hall–Kier alpha value is -3.08. The zero-order chi connectivity index (χ0) is 23.5. The van der Waals surface area contributed by atoms with Crippen molar-refractivity contribution in [2.24, 2.45) is 0 Å². The van der Waals surface area contributed by atoms with Crippen LogP contribution in [0.5, 0.6) is 5.75 Å². The molecule has 174 valence electrons. The van der Waals surface area contributed by atoms with Gasteiger partial charge in [-0.1, -0.05) is 50.3 Å². The van der Waals surface area contributed by atoms with Gasteiger partial charge in [-0.15, -0.1) is 0 Å². The number of benzene rings is 3. The SMILES string of the molecule is O=C(Oc1ccc(F)cc1)c1ccc(CCCCCCCCCc2cccc(F)c2)cc1F. The van der Waals surface area contributed by atoms with E-state index in [1.807, 2.05) is 6.07 Å². The molecule has 0 aromatic heterocycles. The van der Waals surface area contributed by atoms with Gasteiger partial charge in [0.05, 0.1) is 5.56 Å². The fourth-order valence-electron chi connectivity index (χ4n) is 3.78. The molecule has 0 spiro atoms. The number of hydrogen-bond acceptors (Lipinski definition) is 2. The van der Waals surface area contributed by atoms with Crippen molar-refractivity contribution in [2.45, 2.75) is 57.8 Å². The third-order valence-electron chi connectivity index (χ3n) is 5.60. The van der Waals surface area contributed by atoms with E-state index in [1.165, 1.54) is 42.5 Å². The Morgan fingerprint density at radius 3 is 1.85 bits per heavy atom. The summed E-state index contributed by atoms with van der Waals surface area (Å²) in [7, 11) is 0. The molecule has 0 radical (unpaired) electrons. The van der Waals surface area contributed by atoms with Crippen molar-refractivity contribution >= 4 is 5.97 Å². The number of hydrogen-bond donors (Lipinski definition) is 0. The molecular weight excluding hydrogens is 425 g/mol. The van der Waals surface area contributed by atoms with Crippen molar-refractivity contribution in [1.82, 2.24) is 0 Å². The van der Waals surface area contributed by atoms with Crippen LogP contribution in [0, 0.1) is 17.5 Å². The van der Waals surface area contributed by atoms with Gasteiger partial charge in [0.1, 0.15) is 23.2 Å². The number of carbonyl (C=O) groups excluding carboxylic acids is 1. The van der Waals surface area contributed by atoms with Gasteiger partial charge in [0.2, 0.25) is 0 Å². The molecule has 3 rings (SSSR count). The van der Waals surface area contributed by atoms with Crippen LogP contribution in [0.15, 0.2) is 66.7 Å². The molecule has 0 amide bonds. The molecule has 3 aromatic rings. The second kappa shape index (κ2) is 12.8. The number of esters is 1. The first-order chi connectivity index (χ1) is 16.0. The number of carbonyl (C=O) groups is 1. The van der Waals surface area contributed by atoms with Crippen LogP contribution in [0.2, 0.25) is 0 Å². The molecule has 0 unspecified atom stereocenters. The second-order valence-corrected chi connectivity index (χ2v) is 8.26. The highest BCUT2D eigenvalue weighted by Crippen LogP contribution is 2.18. The number of unbranched alkanes of at least 4 members (excludes halogenated alkanes) is 6. The minimum atomic E-state index is -0.803. The Labute approximate surface area is 193 Å². The average Bonchev–Trinajstić information content (AvgIpc) is 2.79. The third-order valence-corrected chi connectivity index (χ3v) is 5.60. The second-order valence-electron chi connectivity index (χ2n) is 8.26. The first-order valence-electron chi connectivity index (χ1n) is 11.5. The van der Waals surface area contributed by atoms with Crippen molar-refractivity contribution in [3.63, 3.8) is 0 Å². The zero-order valence-electron chi connectivity index (χ0n) is 18.7. The topological polar surface area (TPSA) is 26.3 Å². The first kappa shape index (κ1) is 24.6. The molecule has 0 saturated heterocycles. The Morgan fingerprint density at radius 2 is 1.24 bits per heavy atom. The van der Waals surface area contributed by atoms with Crippen LogP contribution in [-0.4, -0.2) is 5.97 Å². The maximum absolute atomic E-state index is 14.4. The van der Waals surface area contributed by atoms with Crippen LogP contribution in [0.1, 0.15) is 66.4 Å². The fourth-order valence-corrected chi connectivity index (χ4v) is 3.78. The van der Waals surface area contributed by atoms with Gasteiger partial charge in [0.15, 0.2) is 0 Å². The summed E-state index contributed by atoms with van der Waals surface area (Å²) in [5.74, 6) is -1.86. The number of rotatable bonds is 12. The van der Waals surface area contributed by atoms with Crippen LogP contribution in [-0.2, 0) is 12.8 Å². The molecule has 0 atom stereocenters. The van der Waals surface area contributed by atoms with Crippen LogP contribution in [0.3, 0.4) is 0 Å². The summed E-state index contributed by atoms with van der Waals surface area (Å²) in [6, 6.07) is 16.4. The Morgan fingerprint density at radius 1 is 0.636 bits per heavy atom. The lowest BCUT2D eigenvalue weighted by atomic mass is 10.0. The number of halogens is 3. The minimum Gasteiger partial charge on any atom is -0.423 e. The molecule has 0 bridgehead atoms. The van der Waals surface area contributed by atoms with E-state index in [0.717, 1.165) is 68.9 Å². The molecule has 3 aromatic carbocycles. The highest BCUT2D eigenvalue weighted by atomic mass is 19.1. The Bertz CT molecular complexity index is 1030. The van der Waals surface area contributed by atoms with Crippen molar-refractivity contribution in [3.8, 4) is 5.75 Å². The average molecular weight is 455 g/mol. The van der Waals surface area contributed by atoms with E-state index in [-0.39, 0.29) is 17.1 Å². The largest absolute Gasteiger partial charge is 0.423 e.